The summed E-state index contributed by atoms with van der Waals surface area (Å²) in [6.07, 6.45) is 4.56. The summed E-state index contributed by atoms with van der Waals surface area (Å²) >= 11 is 0. The van der Waals surface area contributed by atoms with Crippen molar-refractivity contribution in [2.75, 3.05) is 6.61 Å². The maximum atomic E-state index is 11.7. The van der Waals surface area contributed by atoms with Crippen molar-refractivity contribution in [3.05, 3.63) is 0 Å². The zero-order valence-electron chi connectivity index (χ0n) is 9.64. The molecule has 2 nitrogen and oxygen atoms in total. The highest BCUT2D eigenvalue weighted by atomic mass is 16.5. The summed E-state index contributed by atoms with van der Waals surface area (Å²) in [7, 11) is 0. The van der Waals surface area contributed by atoms with E-state index in [-0.39, 0.29) is 11.5 Å². The molecule has 0 saturated carbocycles. The van der Waals surface area contributed by atoms with Crippen LogP contribution in [0.5, 0.6) is 0 Å². The van der Waals surface area contributed by atoms with E-state index in [1.165, 1.54) is 0 Å². The topological polar surface area (TPSA) is 26.3 Å². The van der Waals surface area contributed by atoms with Crippen LogP contribution in [0.2, 0.25) is 0 Å². The first kappa shape index (κ1) is 11.7. The highest BCUT2D eigenvalue weighted by Gasteiger charge is 2.34. The minimum absolute atomic E-state index is 0.0493. The van der Waals surface area contributed by atoms with E-state index < -0.39 is 0 Å². The summed E-state index contributed by atoms with van der Waals surface area (Å²) in [4.78, 5) is 11.7. The van der Waals surface area contributed by atoms with Crippen LogP contribution in [0.25, 0.3) is 0 Å². The van der Waals surface area contributed by atoms with Gasteiger partial charge in [0.2, 0.25) is 0 Å². The quantitative estimate of drug-likeness (QED) is 0.694. The highest BCUT2D eigenvalue weighted by Crippen LogP contribution is 2.32. The lowest BCUT2D eigenvalue weighted by atomic mass is 9.82. The largest absolute Gasteiger partial charge is 0.375 e. The SMILES string of the molecule is CCCC(=O)[C@H]1CCO[C@](C)(CC)C1. The van der Waals surface area contributed by atoms with E-state index in [9.17, 15) is 4.79 Å². The summed E-state index contributed by atoms with van der Waals surface area (Å²) in [6.45, 7) is 7.08. The van der Waals surface area contributed by atoms with E-state index >= 15 is 0 Å². The number of ketones is 1. The van der Waals surface area contributed by atoms with Crippen molar-refractivity contribution in [3.63, 3.8) is 0 Å². The van der Waals surface area contributed by atoms with Gasteiger partial charge in [-0.3, -0.25) is 4.79 Å². The Balaban J connectivity index is 2.51. The van der Waals surface area contributed by atoms with Crippen LogP contribution in [0, 0.1) is 5.92 Å². The molecule has 0 aliphatic carbocycles. The Hall–Kier alpha value is -0.370. The van der Waals surface area contributed by atoms with Crippen molar-refractivity contribution in [1.29, 1.82) is 0 Å². The number of carbonyl (C=O) groups excluding carboxylic acids is 1. The van der Waals surface area contributed by atoms with Crippen LogP contribution in [-0.2, 0) is 9.53 Å². The molecule has 0 radical (unpaired) electrons. The Labute approximate surface area is 87.0 Å². The van der Waals surface area contributed by atoms with Gasteiger partial charge in [-0.15, -0.1) is 0 Å². The summed E-state index contributed by atoms with van der Waals surface area (Å²) in [6, 6.07) is 0. The first-order chi connectivity index (χ1) is 6.61. The van der Waals surface area contributed by atoms with Crippen LogP contribution in [0.15, 0.2) is 0 Å². The number of rotatable bonds is 4. The lowest BCUT2D eigenvalue weighted by Gasteiger charge is -2.37. The highest BCUT2D eigenvalue weighted by molar-refractivity contribution is 5.81. The van der Waals surface area contributed by atoms with Gasteiger partial charge in [-0.1, -0.05) is 13.8 Å². The molecule has 2 heteroatoms. The number of Topliss-reactive ketones (excluding diaryl/α,β-unsaturated/α-hetero) is 1. The zero-order chi connectivity index (χ0) is 10.6. The van der Waals surface area contributed by atoms with Crippen LogP contribution in [0.4, 0.5) is 0 Å². The summed E-state index contributed by atoms with van der Waals surface area (Å²) in [5.41, 5.74) is -0.0493. The monoisotopic (exact) mass is 198 g/mol. The predicted molar refractivity (Wildman–Crippen MR) is 57.3 cm³/mol. The fourth-order valence-electron chi connectivity index (χ4n) is 2.10. The van der Waals surface area contributed by atoms with Gasteiger partial charge in [-0.25, -0.2) is 0 Å². The van der Waals surface area contributed by atoms with E-state index in [1.807, 2.05) is 0 Å². The third-order valence-electron chi connectivity index (χ3n) is 3.29. The third kappa shape index (κ3) is 2.81. The second kappa shape index (κ2) is 4.92. The normalized spacial score (nSPS) is 32.9. The van der Waals surface area contributed by atoms with Crippen molar-refractivity contribution in [1.82, 2.24) is 0 Å². The van der Waals surface area contributed by atoms with Gasteiger partial charge >= 0.3 is 0 Å². The average molecular weight is 198 g/mol. The number of carbonyl (C=O) groups is 1. The Kier molecular flexibility index (Phi) is 4.11. The Morgan fingerprint density at radius 1 is 1.50 bits per heavy atom. The molecule has 1 heterocycles. The molecule has 14 heavy (non-hydrogen) atoms. The molecule has 0 N–H and O–H groups in total. The summed E-state index contributed by atoms with van der Waals surface area (Å²) in [5.74, 6) is 0.698. The fraction of sp³-hybridized carbons (Fsp3) is 0.917. The van der Waals surface area contributed by atoms with Crippen LogP contribution < -0.4 is 0 Å². The molecule has 0 bridgehead atoms. The van der Waals surface area contributed by atoms with Gasteiger partial charge in [-0.05, 0) is 32.6 Å². The number of hydrogen-bond donors (Lipinski definition) is 0. The number of ether oxygens (including phenoxy) is 1. The van der Waals surface area contributed by atoms with Gasteiger partial charge in [0.15, 0.2) is 0 Å². The van der Waals surface area contributed by atoms with Gasteiger partial charge in [0.25, 0.3) is 0 Å². The standard InChI is InChI=1S/C12H22O2/c1-4-6-11(13)10-7-8-14-12(3,5-2)9-10/h10H,4-9H2,1-3H3/t10-,12+/m0/s1. The lowest BCUT2D eigenvalue weighted by molar-refractivity contribution is -0.135. The Morgan fingerprint density at radius 2 is 2.21 bits per heavy atom. The summed E-state index contributed by atoms with van der Waals surface area (Å²) in [5, 5.41) is 0. The molecule has 0 unspecified atom stereocenters. The average Bonchev–Trinajstić information content (AvgIpc) is 2.18. The fourth-order valence-corrected chi connectivity index (χ4v) is 2.10. The molecule has 1 aliphatic heterocycles. The maximum Gasteiger partial charge on any atom is 0.136 e. The van der Waals surface area contributed by atoms with Crippen LogP contribution in [0.1, 0.15) is 52.9 Å². The lowest BCUT2D eigenvalue weighted by Crippen LogP contribution is -2.39. The van der Waals surface area contributed by atoms with E-state index in [4.69, 9.17) is 4.74 Å². The molecule has 0 spiro atoms. The van der Waals surface area contributed by atoms with Gasteiger partial charge in [-0.2, -0.15) is 0 Å². The molecule has 0 aromatic carbocycles. The molecule has 1 rings (SSSR count). The van der Waals surface area contributed by atoms with Crippen molar-refractivity contribution >= 4 is 5.78 Å². The van der Waals surface area contributed by atoms with E-state index in [1.54, 1.807) is 0 Å². The minimum atomic E-state index is -0.0493. The van der Waals surface area contributed by atoms with Crippen molar-refractivity contribution in [2.24, 2.45) is 5.92 Å². The molecular formula is C12H22O2. The first-order valence-electron chi connectivity index (χ1n) is 5.78. The minimum Gasteiger partial charge on any atom is -0.375 e. The Bertz CT molecular complexity index is 200. The Morgan fingerprint density at radius 3 is 2.79 bits per heavy atom. The zero-order valence-corrected chi connectivity index (χ0v) is 9.64. The number of hydrogen-bond acceptors (Lipinski definition) is 2. The van der Waals surface area contributed by atoms with Crippen molar-refractivity contribution in [3.8, 4) is 0 Å². The van der Waals surface area contributed by atoms with Crippen LogP contribution >= 0.6 is 0 Å². The van der Waals surface area contributed by atoms with Gasteiger partial charge < -0.3 is 4.74 Å². The van der Waals surface area contributed by atoms with E-state index in [2.05, 4.69) is 20.8 Å². The molecule has 82 valence electrons. The maximum absolute atomic E-state index is 11.7. The van der Waals surface area contributed by atoms with Gasteiger partial charge in [0, 0.05) is 18.9 Å². The van der Waals surface area contributed by atoms with Crippen molar-refractivity contribution in [2.45, 2.75) is 58.5 Å². The third-order valence-corrected chi connectivity index (χ3v) is 3.29. The molecule has 0 aromatic heterocycles. The second-order valence-electron chi connectivity index (χ2n) is 4.56. The summed E-state index contributed by atoms with van der Waals surface area (Å²) < 4.78 is 5.72. The molecule has 0 aromatic rings. The second-order valence-corrected chi connectivity index (χ2v) is 4.56. The predicted octanol–water partition coefficient (Wildman–Crippen LogP) is 2.95. The first-order valence-corrected chi connectivity index (χ1v) is 5.78. The van der Waals surface area contributed by atoms with Crippen LogP contribution in [-0.4, -0.2) is 18.0 Å². The molecule has 0 amide bonds. The van der Waals surface area contributed by atoms with Gasteiger partial charge in [0.1, 0.15) is 5.78 Å². The van der Waals surface area contributed by atoms with Gasteiger partial charge in [0.05, 0.1) is 5.60 Å². The molecule has 2 atom stereocenters. The molecule has 1 fully saturated rings. The van der Waals surface area contributed by atoms with Crippen molar-refractivity contribution < 1.29 is 9.53 Å². The molecule has 1 aliphatic rings. The van der Waals surface area contributed by atoms with E-state index in [0.29, 0.717) is 5.78 Å². The van der Waals surface area contributed by atoms with Crippen LogP contribution in [0.3, 0.4) is 0 Å². The van der Waals surface area contributed by atoms with E-state index in [0.717, 1.165) is 38.7 Å². The molecule has 1 saturated heterocycles. The molecular weight excluding hydrogens is 176 g/mol. The smallest absolute Gasteiger partial charge is 0.136 e.